The number of carbonyl (C=O) groups excluding carboxylic acids is 2. The van der Waals surface area contributed by atoms with E-state index in [0.717, 1.165) is 5.56 Å². The Morgan fingerprint density at radius 2 is 1.77 bits per heavy atom. The Morgan fingerprint density at radius 1 is 1.04 bits per heavy atom. The molecule has 0 aliphatic carbocycles. The molecule has 6 heteroatoms. The van der Waals surface area contributed by atoms with Crippen LogP contribution in [0.4, 0.5) is 5.69 Å². The lowest BCUT2D eigenvalue weighted by molar-refractivity contribution is -0.124. The molecule has 0 aliphatic rings. The first kappa shape index (κ1) is 19.4. The van der Waals surface area contributed by atoms with Gasteiger partial charge >= 0.3 is 0 Å². The third-order valence-corrected chi connectivity index (χ3v) is 3.60. The van der Waals surface area contributed by atoms with E-state index in [1.807, 2.05) is 42.5 Å². The molecule has 0 aromatic heterocycles. The highest BCUT2D eigenvalue weighted by Gasteiger charge is 2.07. The lowest BCUT2D eigenvalue weighted by Crippen LogP contribution is -2.21. The molecule has 134 valence electrons. The largest absolute Gasteiger partial charge is 0.326 e. The van der Waals surface area contributed by atoms with E-state index in [1.54, 1.807) is 31.2 Å². The molecule has 2 rings (SSSR count). The van der Waals surface area contributed by atoms with Crippen LogP contribution >= 0.6 is 11.6 Å². The summed E-state index contributed by atoms with van der Waals surface area (Å²) in [6, 6.07) is 16.6. The van der Waals surface area contributed by atoms with E-state index in [-0.39, 0.29) is 24.7 Å². The van der Waals surface area contributed by atoms with E-state index in [1.165, 1.54) is 0 Å². The maximum atomic E-state index is 11.8. The summed E-state index contributed by atoms with van der Waals surface area (Å²) in [5.74, 6) is -0.578. The summed E-state index contributed by atoms with van der Waals surface area (Å²) in [5, 5.41) is 7.22. The van der Waals surface area contributed by atoms with Gasteiger partial charge in [-0.1, -0.05) is 54.1 Å². The van der Waals surface area contributed by atoms with Crippen molar-refractivity contribution in [2.24, 2.45) is 5.10 Å². The second-order valence-corrected chi connectivity index (χ2v) is 6.03. The van der Waals surface area contributed by atoms with Crippen molar-refractivity contribution >= 4 is 40.9 Å². The van der Waals surface area contributed by atoms with Gasteiger partial charge in [-0.25, -0.2) is 5.43 Å². The van der Waals surface area contributed by atoms with Crippen molar-refractivity contribution in [3.8, 4) is 0 Å². The van der Waals surface area contributed by atoms with E-state index in [0.29, 0.717) is 16.4 Å². The van der Waals surface area contributed by atoms with Crippen molar-refractivity contribution < 1.29 is 9.59 Å². The van der Waals surface area contributed by atoms with Crippen molar-refractivity contribution in [2.75, 3.05) is 5.32 Å². The molecule has 0 unspecified atom stereocenters. The van der Waals surface area contributed by atoms with E-state index < -0.39 is 0 Å². The van der Waals surface area contributed by atoms with Gasteiger partial charge in [0.2, 0.25) is 11.8 Å². The highest BCUT2D eigenvalue weighted by molar-refractivity contribution is 6.30. The van der Waals surface area contributed by atoms with Crippen LogP contribution in [0, 0.1) is 0 Å². The minimum atomic E-state index is -0.321. The molecule has 5 nitrogen and oxygen atoms in total. The maximum Gasteiger partial charge on any atom is 0.240 e. The minimum absolute atomic E-state index is 0.0472. The van der Waals surface area contributed by atoms with Gasteiger partial charge in [-0.2, -0.15) is 5.10 Å². The number of rotatable bonds is 7. The zero-order valence-corrected chi connectivity index (χ0v) is 15.2. The number of anilines is 1. The van der Waals surface area contributed by atoms with Crippen molar-refractivity contribution in [2.45, 2.75) is 19.8 Å². The molecule has 0 radical (unpaired) electrons. The minimum Gasteiger partial charge on any atom is -0.326 e. The zero-order valence-electron chi connectivity index (χ0n) is 14.4. The summed E-state index contributed by atoms with van der Waals surface area (Å²) in [6.07, 6.45) is 3.82. The molecule has 26 heavy (non-hydrogen) atoms. The number of nitrogens with zero attached hydrogens (tertiary/aromatic N) is 1. The number of benzene rings is 2. The van der Waals surface area contributed by atoms with Crippen molar-refractivity contribution in [3.63, 3.8) is 0 Å². The van der Waals surface area contributed by atoms with Crippen LogP contribution in [0.3, 0.4) is 0 Å². The summed E-state index contributed by atoms with van der Waals surface area (Å²) in [5.41, 5.74) is 4.75. The second kappa shape index (κ2) is 10.2. The Hall–Kier alpha value is -2.92. The smallest absolute Gasteiger partial charge is 0.240 e. The molecule has 0 fully saturated rings. The average Bonchev–Trinajstić information content (AvgIpc) is 2.64. The fourth-order valence-corrected chi connectivity index (χ4v) is 2.23. The third kappa shape index (κ3) is 7.32. The lowest BCUT2D eigenvalue weighted by atomic mass is 10.2. The van der Waals surface area contributed by atoms with Crippen LogP contribution in [0.5, 0.6) is 0 Å². The van der Waals surface area contributed by atoms with Crippen LogP contribution in [0.1, 0.15) is 25.3 Å². The molecule has 2 N–H and O–H groups in total. The van der Waals surface area contributed by atoms with Gasteiger partial charge in [0, 0.05) is 23.6 Å². The van der Waals surface area contributed by atoms with Crippen LogP contribution < -0.4 is 10.7 Å². The predicted octanol–water partition coefficient (Wildman–Crippen LogP) is 4.26. The molecule has 2 amide bonds. The number of halogens is 1. The number of hydrazone groups is 1. The first-order chi connectivity index (χ1) is 12.5. The predicted molar refractivity (Wildman–Crippen MR) is 106 cm³/mol. The van der Waals surface area contributed by atoms with Crippen molar-refractivity contribution in [1.82, 2.24) is 5.43 Å². The summed E-state index contributed by atoms with van der Waals surface area (Å²) in [4.78, 5) is 23.6. The Labute approximate surface area is 157 Å². The fraction of sp³-hybridized carbons (Fsp3) is 0.150. The van der Waals surface area contributed by atoms with Gasteiger partial charge in [0.15, 0.2) is 0 Å². The van der Waals surface area contributed by atoms with E-state index in [2.05, 4.69) is 15.8 Å². The standard InChI is InChI=1S/C20H20ClN3O2/c1-15(10-11-16-6-3-2-4-7-16)23-24-20(26)13-12-19(25)22-18-9-5-8-17(21)14-18/h2-11,14H,12-13H2,1H3,(H,22,25)(H,24,26)/b11-10+,23-15-. The monoisotopic (exact) mass is 369 g/mol. The van der Waals surface area contributed by atoms with Gasteiger partial charge in [-0.15, -0.1) is 0 Å². The SMILES string of the molecule is CC(/C=C/c1ccccc1)=N/NC(=O)CCC(=O)Nc1cccc(Cl)c1. The Kier molecular flexibility index (Phi) is 7.58. The first-order valence-corrected chi connectivity index (χ1v) is 8.52. The number of carbonyl (C=O) groups is 2. The normalized spacial score (nSPS) is 11.4. The van der Waals surface area contributed by atoms with Gasteiger partial charge in [0.1, 0.15) is 0 Å². The number of hydrogen-bond acceptors (Lipinski definition) is 3. The maximum absolute atomic E-state index is 11.8. The number of amides is 2. The molecule has 0 aliphatic heterocycles. The summed E-state index contributed by atoms with van der Waals surface area (Å²) < 4.78 is 0. The molecule has 0 spiro atoms. The summed E-state index contributed by atoms with van der Waals surface area (Å²) in [7, 11) is 0. The topological polar surface area (TPSA) is 70.6 Å². The quantitative estimate of drug-likeness (QED) is 0.565. The highest BCUT2D eigenvalue weighted by Crippen LogP contribution is 2.15. The van der Waals surface area contributed by atoms with E-state index >= 15 is 0 Å². The molecule has 0 saturated carbocycles. The summed E-state index contributed by atoms with van der Waals surface area (Å²) in [6.45, 7) is 1.78. The van der Waals surface area contributed by atoms with Crippen molar-refractivity contribution in [1.29, 1.82) is 0 Å². The number of nitrogens with one attached hydrogen (secondary N) is 2. The first-order valence-electron chi connectivity index (χ1n) is 8.14. The van der Waals surface area contributed by atoms with Gasteiger partial charge in [-0.3, -0.25) is 9.59 Å². The van der Waals surface area contributed by atoms with Crippen LogP contribution in [-0.4, -0.2) is 17.5 Å². The third-order valence-electron chi connectivity index (χ3n) is 3.36. The van der Waals surface area contributed by atoms with Crippen LogP contribution in [0.2, 0.25) is 5.02 Å². The van der Waals surface area contributed by atoms with Crippen LogP contribution in [0.25, 0.3) is 6.08 Å². The second-order valence-electron chi connectivity index (χ2n) is 5.59. The Bertz CT molecular complexity index is 817. The zero-order chi connectivity index (χ0) is 18.8. The molecule has 2 aromatic carbocycles. The van der Waals surface area contributed by atoms with E-state index in [4.69, 9.17) is 11.6 Å². The van der Waals surface area contributed by atoms with Crippen LogP contribution in [0.15, 0.2) is 65.8 Å². The van der Waals surface area contributed by atoms with Gasteiger partial charge in [-0.05, 0) is 36.8 Å². The van der Waals surface area contributed by atoms with Crippen LogP contribution in [-0.2, 0) is 9.59 Å². The Morgan fingerprint density at radius 3 is 2.50 bits per heavy atom. The van der Waals surface area contributed by atoms with E-state index in [9.17, 15) is 9.59 Å². The Balaban J connectivity index is 1.74. The van der Waals surface area contributed by atoms with Gasteiger partial charge in [0.05, 0.1) is 5.71 Å². The average molecular weight is 370 g/mol. The molecule has 0 heterocycles. The molecule has 0 atom stereocenters. The molecular weight excluding hydrogens is 350 g/mol. The highest BCUT2D eigenvalue weighted by atomic mass is 35.5. The van der Waals surface area contributed by atoms with Gasteiger partial charge in [0.25, 0.3) is 0 Å². The molecule has 0 saturated heterocycles. The summed E-state index contributed by atoms with van der Waals surface area (Å²) >= 11 is 5.86. The molecular formula is C20H20ClN3O2. The van der Waals surface area contributed by atoms with Crippen molar-refractivity contribution in [3.05, 3.63) is 71.3 Å². The lowest BCUT2D eigenvalue weighted by Gasteiger charge is -2.05. The molecule has 2 aromatic rings. The fourth-order valence-electron chi connectivity index (χ4n) is 2.04. The van der Waals surface area contributed by atoms with Gasteiger partial charge < -0.3 is 5.32 Å². The number of hydrogen-bond donors (Lipinski definition) is 2. The number of allylic oxidation sites excluding steroid dienone is 1. The molecule has 0 bridgehead atoms.